The maximum atomic E-state index is 14.3. The zero-order chi connectivity index (χ0) is 23.1. The van der Waals surface area contributed by atoms with Gasteiger partial charge >= 0.3 is 0 Å². The SMILES string of the molecule is CCC(c1ccc(F)cc1F)N1CCN(C(=NC)NCc2cccc(C(=O)NC)c2)CC1.I. The van der Waals surface area contributed by atoms with Gasteiger partial charge in [-0.15, -0.1) is 24.0 Å². The third-order valence-electron chi connectivity index (χ3n) is 5.84. The third kappa shape index (κ3) is 6.86. The van der Waals surface area contributed by atoms with Gasteiger partial charge in [-0.1, -0.05) is 25.1 Å². The largest absolute Gasteiger partial charge is 0.355 e. The minimum absolute atomic E-state index is 0. The molecule has 3 rings (SSSR count). The van der Waals surface area contributed by atoms with E-state index in [0.29, 0.717) is 17.7 Å². The Bertz CT molecular complexity index is 964. The molecule has 0 bridgehead atoms. The van der Waals surface area contributed by atoms with Crippen LogP contribution in [0.25, 0.3) is 0 Å². The number of piperazine rings is 1. The Morgan fingerprint density at radius 3 is 2.45 bits per heavy atom. The average molecular weight is 571 g/mol. The van der Waals surface area contributed by atoms with Crippen LogP contribution in [0.3, 0.4) is 0 Å². The highest BCUT2D eigenvalue weighted by Gasteiger charge is 2.27. The summed E-state index contributed by atoms with van der Waals surface area (Å²) in [5, 5.41) is 6.00. The first-order valence-corrected chi connectivity index (χ1v) is 10.9. The molecule has 1 fully saturated rings. The summed E-state index contributed by atoms with van der Waals surface area (Å²) in [6.45, 7) is 5.57. The highest BCUT2D eigenvalue weighted by molar-refractivity contribution is 14.0. The van der Waals surface area contributed by atoms with Crippen molar-refractivity contribution in [3.63, 3.8) is 0 Å². The molecular weight excluding hydrogens is 539 g/mol. The average Bonchev–Trinajstić information content (AvgIpc) is 2.81. The number of amides is 1. The van der Waals surface area contributed by atoms with E-state index in [0.717, 1.165) is 50.2 Å². The lowest BCUT2D eigenvalue weighted by Gasteiger charge is -2.40. The number of nitrogens with one attached hydrogen (secondary N) is 2. The van der Waals surface area contributed by atoms with Crippen LogP contribution in [0.5, 0.6) is 0 Å². The maximum Gasteiger partial charge on any atom is 0.251 e. The molecule has 180 valence electrons. The van der Waals surface area contributed by atoms with E-state index in [1.54, 1.807) is 26.2 Å². The Balaban J connectivity index is 0.00000385. The number of halogens is 3. The first-order valence-electron chi connectivity index (χ1n) is 10.9. The fraction of sp³-hybridized carbons (Fsp3) is 0.417. The molecule has 2 aromatic carbocycles. The van der Waals surface area contributed by atoms with E-state index in [1.165, 1.54) is 6.07 Å². The minimum atomic E-state index is -0.554. The number of carbonyl (C=O) groups is 1. The quantitative estimate of drug-likeness (QED) is 0.315. The van der Waals surface area contributed by atoms with Crippen molar-refractivity contribution < 1.29 is 13.6 Å². The number of hydrogen-bond donors (Lipinski definition) is 2. The lowest BCUT2D eigenvalue weighted by atomic mass is 10.0. The van der Waals surface area contributed by atoms with E-state index in [4.69, 9.17) is 0 Å². The molecule has 1 unspecified atom stereocenters. The summed E-state index contributed by atoms with van der Waals surface area (Å²) in [5.74, 6) is -0.371. The summed E-state index contributed by atoms with van der Waals surface area (Å²) in [6.07, 6.45) is 0.747. The molecule has 6 nitrogen and oxygen atoms in total. The number of aliphatic imine (C=N–C) groups is 1. The predicted molar refractivity (Wildman–Crippen MR) is 138 cm³/mol. The molecule has 2 aromatic rings. The van der Waals surface area contributed by atoms with Crippen molar-refractivity contribution in [2.45, 2.75) is 25.9 Å². The normalized spacial score (nSPS) is 15.5. The number of guanidine groups is 1. The smallest absolute Gasteiger partial charge is 0.251 e. The highest BCUT2D eigenvalue weighted by Crippen LogP contribution is 2.28. The molecule has 2 N–H and O–H groups in total. The second kappa shape index (κ2) is 12.8. The summed E-state index contributed by atoms with van der Waals surface area (Å²) in [4.78, 5) is 20.7. The van der Waals surface area contributed by atoms with Gasteiger partial charge in [-0.05, 0) is 30.2 Å². The Hall–Kier alpha value is -2.27. The molecule has 1 amide bonds. The zero-order valence-corrected chi connectivity index (χ0v) is 21.6. The number of hydrogen-bond acceptors (Lipinski definition) is 3. The Labute approximate surface area is 211 Å². The van der Waals surface area contributed by atoms with Crippen molar-refractivity contribution in [2.24, 2.45) is 4.99 Å². The number of carbonyl (C=O) groups excluding carboxylic acids is 1. The lowest BCUT2D eigenvalue weighted by molar-refractivity contribution is 0.0963. The summed E-state index contributed by atoms with van der Waals surface area (Å²) in [6, 6.07) is 11.2. The molecular formula is C24H32F2IN5O. The van der Waals surface area contributed by atoms with E-state index < -0.39 is 11.6 Å². The molecule has 1 aliphatic heterocycles. The predicted octanol–water partition coefficient (Wildman–Crippen LogP) is 3.79. The van der Waals surface area contributed by atoms with Crippen LogP contribution in [0.15, 0.2) is 47.5 Å². The Kier molecular flexibility index (Phi) is 10.5. The third-order valence-corrected chi connectivity index (χ3v) is 5.84. The van der Waals surface area contributed by atoms with Gasteiger partial charge in [-0.25, -0.2) is 8.78 Å². The van der Waals surface area contributed by atoms with E-state index in [9.17, 15) is 13.6 Å². The van der Waals surface area contributed by atoms with Crippen molar-refractivity contribution in [3.05, 3.63) is 70.8 Å². The van der Waals surface area contributed by atoms with Crippen LogP contribution < -0.4 is 10.6 Å². The molecule has 9 heteroatoms. The molecule has 0 spiro atoms. The van der Waals surface area contributed by atoms with Crippen molar-refractivity contribution in [2.75, 3.05) is 40.3 Å². The number of nitrogens with zero attached hydrogens (tertiary/aromatic N) is 3. The molecule has 0 radical (unpaired) electrons. The maximum absolute atomic E-state index is 14.3. The molecule has 1 aliphatic rings. The summed E-state index contributed by atoms with van der Waals surface area (Å²) in [5.41, 5.74) is 2.15. The molecule has 0 aromatic heterocycles. The van der Waals surface area contributed by atoms with Crippen molar-refractivity contribution in [3.8, 4) is 0 Å². The van der Waals surface area contributed by atoms with E-state index >= 15 is 0 Å². The Morgan fingerprint density at radius 1 is 1.12 bits per heavy atom. The van der Waals surface area contributed by atoms with Gasteiger partial charge in [-0.3, -0.25) is 14.7 Å². The van der Waals surface area contributed by atoms with Crippen molar-refractivity contribution in [1.82, 2.24) is 20.4 Å². The second-order valence-corrected chi connectivity index (χ2v) is 7.79. The number of benzene rings is 2. The van der Waals surface area contributed by atoms with Crippen molar-refractivity contribution in [1.29, 1.82) is 0 Å². The Morgan fingerprint density at radius 2 is 1.85 bits per heavy atom. The molecule has 0 saturated carbocycles. The van der Waals surface area contributed by atoms with Crippen LogP contribution in [-0.2, 0) is 6.54 Å². The molecule has 1 heterocycles. The fourth-order valence-electron chi connectivity index (χ4n) is 4.17. The summed E-state index contributed by atoms with van der Waals surface area (Å²) >= 11 is 0. The second-order valence-electron chi connectivity index (χ2n) is 7.79. The van der Waals surface area contributed by atoms with Crippen molar-refractivity contribution >= 4 is 35.8 Å². The zero-order valence-electron chi connectivity index (χ0n) is 19.3. The van der Waals surface area contributed by atoms with E-state index in [2.05, 4.69) is 25.4 Å². The monoisotopic (exact) mass is 571 g/mol. The highest BCUT2D eigenvalue weighted by atomic mass is 127. The first kappa shape index (κ1) is 27.0. The van der Waals surface area contributed by atoms with Gasteiger partial charge in [0.05, 0.1) is 0 Å². The van der Waals surface area contributed by atoms with E-state index in [-0.39, 0.29) is 35.9 Å². The number of rotatable bonds is 6. The summed E-state index contributed by atoms with van der Waals surface area (Å²) in [7, 11) is 3.36. The molecule has 33 heavy (non-hydrogen) atoms. The van der Waals surface area contributed by atoms with Gasteiger partial charge in [0.15, 0.2) is 5.96 Å². The fourth-order valence-corrected chi connectivity index (χ4v) is 4.17. The molecule has 1 saturated heterocycles. The van der Waals surface area contributed by atoms with Crippen LogP contribution >= 0.6 is 24.0 Å². The van der Waals surface area contributed by atoms with Gasteiger partial charge in [0.1, 0.15) is 11.6 Å². The van der Waals surface area contributed by atoms with Crippen LogP contribution in [-0.4, -0.2) is 61.9 Å². The molecule has 1 atom stereocenters. The van der Waals surface area contributed by atoms with Gasteiger partial charge in [0.25, 0.3) is 5.91 Å². The minimum Gasteiger partial charge on any atom is -0.355 e. The van der Waals surface area contributed by atoms with E-state index in [1.807, 2.05) is 25.1 Å². The molecule has 0 aliphatic carbocycles. The first-order chi connectivity index (χ1) is 15.5. The summed E-state index contributed by atoms with van der Waals surface area (Å²) < 4.78 is 27.6. The lowest BCUT2D eigenvalue weighted by Crippen LogP contribution is -2.53. The topological polar surface area (TPSA) is 60.0 Å². The van der Waals surface area contributed by atoms with Crippen LogP contribution in [0, 0.1) is 11.6 Å². The van der Waals surface area contributed by atoms with Gasteiger partial charge < -0.3 is 15.5 Å². The standard InChI is InChI=1S/C24H31F2N5O.HI/c1-4-22(20-9-8-19(25)15-21(20)26)30-10-12-31(13-11-30)24(28-3)29-16-17-6-5-7-18(14-17)23(32)27-2;/h5-9,14-15,22H,4,10-13,16H2,1-3H3,(H,27,32)(H,28,29);1H. The van der Waals surface area contributed by atoms with Gasteiger partial charge in [-0.2, -0.15) is 0 Å². The van der Waals surface area contributed by atoms with Gasteiger partial charge in [0.2, 0.25) is 0 Å². The van der Waals surface area contributed by atoms with Gasteiger partial charge in [0, 0.05) is 70.1 Å². The van der Waals surface area contributed by atoms with Crippen LogP contribution in [0.1, 0.15) is 40.9 Å². The van der Waals surface area contributed by atoms with Crippen LogP contribution in [0.2, 0.25) is 0 Å². The van der Waals surface area contributed by atoms with Crippen LogP contribution in [0.4, 0.5) is 8.78 Å².